The molecule has 3 N–H and O–H groups in total. The minimum Gasteiger partial charge on any atom is -0.354 e. The van der Waals surface area contributed by atoms with Crippen molar-refractivity contribution in [2.24, 2.45) is 21.1 Å². The lowest BCUT2D eigenvalue weighted by Gasteiger charge is -2.37. The molecule has 4 saturated heterocycles. The maximum atomic E-state index is 14.7. The maximum Gasteiger partial charge on any atom is 0.239 e. The Balaban J connectivity index is 0.000000143. The molecule has 4 aliphatic rings. The Kier molecular flexibility index (Phi) is 29.1. The van der Waals surface area contributed by atoms with Crippen LogP contribution in [0.25, 0.3) is 32.7 Å². The van der Waals surface area contributed by atoms with Crippen LogP contribution in [0.2, 0.25) is 30.1 Å². The number of pyridine rings is 1. The van der Waals surface area contributed by atoms with Gasteiger partial charge in [-0.2, -0.15) is 0 Å². The van der Waals surface area contributed by atoms with Gasteiger partial charge in [0.25, 0.3) is 0 Å². The Morgan fingerprint density at radius 2 is 0.754 bits per heavy atom. The number of carbonyl (C=O) groups is 6. The maximum absolute atomic E-state index is 14.7. The van der Waals surface area contributed by atoms with E-state index in [4.69, 9.17) is 69.6 Å². The second kappa shape index (κ2) is 40.6. The predicted molar refractivity (Wildman–Crippen MR) is 530 cm³/mol. The van der Waals surface area contributed by atoms with E-state index >= 15 is 0 Å². The molecule has 9 heterocycles. The number of aryl methyl sites for hydroxylation is 6. The number of fused-ring (bicyclic) bond motifs is 3. The molecule has 0 saturated carbocycles. The average Bonchev–Trinajstić information content (AvgIpc) is 1.57. The summed E-state index contributed by atoms with van der Waals surface area (Å²) in [7, 11) is 8.04. The van der Waals surface area contributed by atoms with Crippen LogP contribution in [0.5, 0.6) is 0 Å². The first-order valence-electron chi connectivity index (χ1n) is 42.9. The van der Waals surface area contributed by atoms with E-state index in [9.17, 15) is 28.8 Å². The third kappa shape index (κ3) is 20.6. The van der Waals surface area contributed by atoms with E-state index in [1.807, 2.05) is 306 Å². The monoisotopic (exact) mass is 1920 g/mol. The van der Waals surface area contributed by atoms with Gasteiger partial charge in [0.05, 0.1) is 56.2 Å². The van der Waals surface area contributed by atoms with Gasteiger partial charge in [0.2, 0.25) is 35.4 Å². The van der Waals surface area contributed by atoms with Crippen molar-refractivity contribution >= 4 is 184 Å². The van der Waals surface area contributed by atoms with Crippen molar-refractivity contribution in [3.05, 3.63) is 351 Å². The molecule has 668 valence electrons. The molecule has 18 rings (SSSR count). The first-order valence-corrected chi connectivity index (χ1v) is 48.5. The second-order valence-corrected chi connectivity index (χ2v) is 41.7. The van der Waals surface area contributed by atoms with E-state index in [1.54, 1.807) is 17.5 Å². The second-order valence-electron chi connectivity index (χ2n) is 33.8. The van der Waals surface area contributed by atoms with Crippen molar-refractivity contribution in [1.82, 2.24) is 59.1 Å². The summed E-state index contributed by atoms with van der Waals surface area (Å²) in [5.41, 5.74) is 12.5. The molecule has 6 amide bonds. The van der Waals surface area contributed by atoms with Crippen LogP contribution in [0.4, 0.5) is 0 Å². The Hall–Kier alpha value is -10.0. The van der Waals surface area contributed by atoms with Crippen LogP contribution in [0.15, 0.2) is 275 Å². The standard InChI is InChI=1S/C35H39Cl2N5O2S.C34H30Cl2N4O2S.C33H29Cl2N3O2S2/c1-24-4-11-28(12-5-24)45-35(34(44)38-14-15-41-18-16-39(2)17-19-41)21-32(43)42(22-25-6-8-26(36)9-7-25)33(35)30-23-40(3)31-20-27(37)10-13-29(30)31;1-22-6-13-27(14-7-22)43-34(33(42)38-19-26-5-3-4-16-37-26)18-31(41)40(20-23-8-10-24(35)11-9-23)32(34)29-21-39(2)30-17-25(36)12-15-28(29)30;1-21-5-12-25(13-6-21)42-33(32(40)36-18-26-4-3-15-41-26)17-30(39)38(19-22-7-9-23(34)10-8-22)31(33)28-20-37(2)29-16-24(35)11-14-27(28)29/h4-13,20,23,33H,14-19,21-22H2,1-3H3,(H,38,44);3-17,21,32H,18-20H2,1-2H3,(H,38,42);3-16,20,31H,17-19H2,1-2H3,(H,36,40)/t;32-,34-;31-,33-/m.00/s1. The van der Waals surface area contributed by atoms with Crippen LogP contribution >= 0.6 is 116 Å². The highest BCUT2D eigenvalue weighted by Gasteiger charge is 2.62. The number of rotatable bonds is 25. The Bertz CT molecular complexity index is 6460. The molecule has 28 heteroatoms. The van der Waals surface area contributed by atoms with Crippen LogP contribution in [-0.2, 0) is 82.6 Å². The fourth-order valence-electron chi connectivity index (χ4n) is 18.0. The fourth-order valence-corrected chi connectivity index (χ4v) is 23.8. The summed E-state index contributed by atoms with van der Waals surface area (Å²) in [5, 5.41) is 18.3. The van der Waals surface area contributed by atoms with Gasteiger partial charge in [-0.05, 0) is 177 Å². The molecule has 6 atom stereocenters. The van der Waals surface area contributed by atoms with Crippen molar-refractivity contribution in [2.75, 3.05) is 46.3 Å². The zero-order valence-electron chi connectivity index (χ0n) is 72.8. The largest absolute Gasteiger partial charge is 0.354 e. The SMILES string of the molecule is Cc1ccc(SC2(C(=O)NCCN3CCN(C)CC3)CC(=O)N(Cc3ccc(Cl)cc3)C2c2cn(C)c3cc(Cl)ccc23)cc1.Cc1ccc(S[C@@]2(C(=O)NCc3ccccn3)CC(=O)N(Cc3ccc(Cl)cc3)[C@H]2c2cn(C)c3cc(Cl)ccc23)cc1.Cc1ccc(S[C@@]2(C(=O)NCc3cccs3)CC(=O)N(Cc3ccc(Cl)cc3)[C@H]2c2cn(C)c3cc(Cl)ccc23)cc1. The molecule has 14 aromatic rings. The molecule has 4 fully saturated rings. The number of aromatic nitrogens is 4. The molecule has 2 unspecified atom stereocenters. The lowest BCUT2D eigenvalue weighted by atomic mass is 9.91. The molecule has 0 spiro atoms. The van der Waals surface area contributed by atoms with E-state index in [2.05, 4.69) is 56.1 Å². The number of thioether (sulfide) groups is 3. The molecule has 5 aromatic heterocycles. The van der Waals surface area contributed by atoms with Gasteiger partial charge < -0.3 is 49.3 Å². The van der Waals surface area contributed by atoms with Gasteiger partial charge in [-0.15, -0.1) is 46.6 Å². The highest BCUT2D eigenvalue weighted by molar-refractivity contribution is 8.02. The quantitative estimate of drug-likeness (QED) is 0.0493. The highest BCUT2D eigenvalue weighted by atomic mass is 35.5. The summed E-state index contributed by atoms with van der Waals surface area (Å²) in [6, 6.07) is 72.2. The van der Waals surface area contributed by atoms with Crippen molar-refractivity contribution in [3.63, 3.8) is 0 Å². The summed E-state index contributed by atoms with van der Waals surface area (Å²) < 4.78 is 2.63. The third-order valence-corrected chi connectivity index (χ3v) is 31.3. The van der Waals surface area contributed by atoms with Gasteiger partial charge in [-0.25, -0.2) is 0 Å². The Morgan fingerprint density at radius 1 is 0.408 bits per heavy atom. The predicted octanol–water partition coefficient (Wildman–Crippen LogP) is 21.8. The third-order valence-electron chi connectivity index (χ3n) is 24.7. The number of hydrogen-bond donors (Lipinski definition) is 3. The van der Waals surface area contributed by atoms with E-state index < -0.39 is 32.4 Å². The van der Waals surface area contributed by atoms with E-state index in [1.165, 1.54) is 35.3 Å². The highest BCUT2D eigenvalue weighted by Crippen LogP contribution is 2.59. The number of carbonyl (C=O) groups excluding carboxylic acids is 6. The molecule has 0 aliphatic carbocycles. The molecule has 0 bridgehead atoms. The van der Waals surface area contributed by atoms with Gasteiger partial charge in [0.1, 0.15) is 14.2 Å². The van der Waals surface area contributed by atoms with E-state index in [0.29, 0.717) is 62.9 Å². The molecule has 0 radical (unpaired) electrons. The number of thiophene rings is 1. The summed E-state index contributed by atoms with van der Waals surface area (Å²) >= 11 is 43.8. The lowest BCUT2D eigenvalue weighted by Crippen LogP contribution is -2.51. The van der Waals surface area contributed by atoms with Crippen molar-refractivity contribution < 1.29 is 28.8 Å². The molecule has 18 nitrogen and oxygen atoms in total. The summed E-state index contributed by atoms with van der Waals surface area (Å²) in [6.45, 7) is 13.1. The average molecular weight is 1930 g/mol. The van der Waals surface area contributed by atoms with Crippen molar-refractivity contribution in [3.8, 4) is 0 Å². The topological polar surface area (TPSA) is 182 Å². The first-order chi connectivity index (χ1) is 62.6. The normalized spacial score (nSPS) is 19.4. The van der Waals surface area contributed by atoms with Gasteiger partial charge in [-0.3, -0.25) is 38.7 Å². The summed E-state index contributed by atoms with van der Waals surface area (Å²) in [4.78, 5) is 105. The molecular weight excluding hydrogens is 1830 g/mol. The number of halogens is 6. The van der Waals surface area contributed by atoms with Crippen LogP contribution in [0.3, 0.4) is 0 Å². The number of piperazine rings is 1. The van der Waals surface area contributed by atoms with Gasteiger partial charge in [0, 0.05) is 204 Å². The Morgan fingerprint density at radius 3 is 1.09 bits per heavy atom. The number of hydrogen-bond acceptors (Lipinski definition) is 13. The minimum atomic E-state index is -1.18. The van der Waals surface area contributed by atoms with Crippen LogP contribution < -0.4 is 16.0 Å². The van der Waals surface area contributed by atoms with Crippen molar-refractivity contribution in [1.29, 1.82) is 0 Å². The smallest absolute Gasteiger partial charge is 0.239 e. The number of benzene rings is 9. The molecule has 9 aromatic carbocycles. The van der Waals surface area contributed by atoms with Crippen molar-refractivity contribution in [2.45, 2.75) is 120 Å². The number of nitrogens with zero attached hydrogens (tertiary/aromatic N) is 9. The van der Waals surface area contributed by atoms with Gasteiger partial charge >= 0.3 is 0 Å². The number of amides is 6. The lowest BCUT2D eigenvalue weighted by molar-refractivity contribution is -0.130. The molecular formula is C102H98Cl6N12O6S4. The minimum absolute atomic E-state index is 0.0296. The summed E-state index contributed by atoms with van der Waals surface area (Å²) in [5.74, 6) is -0.735. The van der Waals surface area contributed by atoms with Crippen LogP contribution in [0.1, 0.15) is 98.0 Å². The summed E-state index contributed by atoms with van der Waals surface area (Å²) in [6.07, 6.45) is 7.99. The van der Waals surface area contributed by atoms with Gasteiger partial charge in [0.15, 0.2) is 0 Å². The number of likely N-dealkylation sites (N-methyl/N-ethyl adjacent to an activating group) is 1. The number of nitrogens with one attached hydrogen (secondary N) is 3. The zero-order chi connectivity index (χ0) is 91.3. The Labute approximate surface area is 804 Å². The molecule has 130 heavy (non-hydrogen) atoms. The van der Waals surface area contributed by atoms with Gasteiger partial charge in [-0.1, -0.05) is 189 Å². The zero-order valence-corrected chi connectivity index (χ0v) is 80.6. The van der Waals surface area contributed by atoms with E-state index in [0.717, 1.165) is 141 Å². The molecule has 4 aliphatic heterocycles. The van der Waals surface area contributed by atoms with E-state index in [-0.39, 0.29) is 61.3 Å². The fraction of sp³-hybridized carbons (Fsp3) is 0.265. The number of likely N-dealkylation sites (tertiary alicyclic amines) is 3. The van der Waals surface area contributed by atoms with Crippen LogP contribution in [-0.4, -0.2) is 139 Å². The first kappa shape index (κ1) is 93.2. The van der Waals surface area contributed by atoms with Crippen LogP contribution in [0, 0.1) is 20.8 Å².